The van der Waals surface area contributed by atoms with E-state index >= 15 is 0 Å². The van der Waals surface area contributed by atoms with Gasteiger partial charge >= 0.3 is 0 Å². The highest BCUT2D eigenvalue weighted by Crippen LogP contribution is 2.24. The Hall–Kier alpha value is -0.300. The molecule has 0 nitrogen and oxygen atoms in total. The lowest BCUT2D eigenvalue weighted by atomic mass is 10.2. The molecule has 0 atom stereocenters. The van der Waals surface area contributed by atoms with E-state index in [-0.39, 0.29) is 0 Å². The first kappa shape index (κ1) is 6.41. The number of fused-ring (bicyclic) bond motifs is 1. The summed E-state index contributed by atoms with van der Waals surface area (Å²) in [7, 11) is 0. The van der Waals surface area contributed by atoms with Crippen molar-refractivity contribution >= 4 is 11.3 Å². The molecule has 0 spiro atoms. The van der Waals surface area contributed by atoms with E-state index in [2.05, 4.69) is 11.4 Å². The summed E-state index contributed by atoms with van der Waals surface area (Å²) in [5.41, 5.74) is 1.57. The molecule has 0 saturated carbocycles. The molecule has 0 bridgehead atoms. The summed E-state index contributed by atoms with van der Waals surface area (Å²) in [5, 5.41) is 3.21. The van der Waals surface area contributed by atoms with E-state index in [1.807, 2.05) is 11.3 Å². The molecule has 1 radical (unpaired) electrons. The molecule has 0 amide bonds. The van der Waals surface area contributed by atoms with Crippen molar-refractivity contribution in [1.82, 2.24) is 0 Å². The van der Waals surface area contributed by atoms with E-state index in [0.717, 1.165) is 0 Å². The monoisotopic (exact) mass is 151 g/mol. The largest absolute Gasteiger partial charge is 0.139 e. The standard InChI is InChI=1S/C9H11S/c1-2-4-8-6-7-10-9(8)5-3-1/h6H,1-5H2. The maximum Gasteiger partial charge on any atom is 0.0448 e. The molecule has 1 aromatic heterocycles. The Balaban J connectivity index is 2.28. The quantitative estimate of drug-likeness (QED) is 0.500. The van der Waals surface area contributed by atoms with Gasteiger partial charge in [-0.15, -0.1) is 11.3 Å². The fourth-order valence-electron chi connectivity index (χ4n) is 1.52. The third-order valence-corrected chi connectivity index (χ3v) is 3.07. The molecule has 0 saturated heterocycles. The Kier molecular flexibility index (Phi) is 1.76. The van der Waals surface area contributed by atoms with Crippen molar-refractivity contribution in [2.24, 2.45) is 0 Å². The molecule has 1 aliphatic carbocycles. The smallest absolute Gasteiger partial charge is 0.0448 e. The summed E-state index contributed by atoms with van der Waals surface area (Å²) in [4.78, 5) is 1.59. The van der Waals surface area contributed by atoms with Crippen molar-refractivity contribution in [2.45, 2.75) is 32.1 Å². The molecule has 1 heterocycles. The molecule has 53 valence electrons. The first-order chi connectivity index (χ1) is 4.97. The average Bonchev–Trinajstić information content (AvgIpc) is 2.28. The van der Waals surface area contributed by atoms with Crippen LogP contribution >= 0.6 is 11.3 Å². The van der Waals surface area contributed by atoms with Crippen LogP contribution in [0.2, 0.25) is 0 Å². The van der Waals surface area contributed by atoms with Crippen molar-refractivity contribution in [3.63, 3.8) is 0 Å². The number of rotatable bonds is 0. The zero-order valence-electron chi connectivity index (χ0n) is 6.02. The number of aryl methyl sites for hydroxylation is 2. The molecular weight excluding hydrogens is 140 g/mol. The van der Waals surface area contributed by atoms with E-state index in [0.29, 0.717) is 0 Å². The number of thiophene rings is 1. The van der Waals surface area contributed by atoms with Crippen LogP contribution in [0, 0.1) is 5.38 Å². The van der Waals surface area contributed by atoms with Gasteiger partial charge in [0.25, 0.3) is 0 Å². The van der Waals surface area contributed by atoms with Crippen molar-refractivity contribution in [1.29, 1.82) is 0 Å². The van der Waals surface area contributed by atoms with Crippen LogP contribution in [0.1, 0.15) is 29.7 Å². The highest BCUT2D eigenvalue weighted by atomic mass is 32.1. The van der Waals surface area contributed by atoms with Gasteiger partial charge in [-0.05, 0) is 37.3 Å². The van der Waals surface area contributed by atoms with Gasteiger partial charge in [0.2, 0.25) is 0 Å². The van der Waals surface area contributed by atoms with Crippen LogP contribution in [0.15, 0.2) is 6.07 Å². The molecular formula is C9H11S. The maximum absolute atomic E-state index is 3.21. The molecule has 0 aromatic carbocycles. The molecule has 0 aliphatic heterocycles. The fourth-order valence-corrected chi connectivity index (χ4v) is 2.40. The second kappa shape index (κ2) is 2.75. The predicted molar refractivity (Wildman–Crippen MR) is 44.4 cm³/mol. The minimum absolute atomic E-state index is 1.30. The first-order valence-electron chi connectivity index (χ1n) is 3.94. The fraction of sp³-hybridized carbons (Fsp3) is 0.556. The first-order valence-corrected chi connectivity index (χ1v) is 4.76. The topological polar surface area (TPSA) is 0 Å². The highest BCUT2D eigenvalue weighted by molar-refractivity contribution is 7.09. The Morgan fingerprint density at radius 3 is 3.10 bits per heavy atom. The summed E-state index contributed by atoms with van der Waals surface area (Å²) < 4.78 is 0. The molecule has 0 fully saturated rings. The minimum Gasteiger partial charge on any atom is -0.139 e. The zero-order chi connectivity index (χ0) is 6.81. The minimum atomic E-state index is 1.30. The van der Waals surface area contributed by atoms with Crippen LogP contribution in [-0.2, 0) is 12.8 Å². The molecule has 1 aliphatic rings. The van der Waals surface area contributed by atoms with Crippen LogP contribution < -0.4 is 0 Å². The zero-order valence-corrected chi connectivity index (χ0v) is 6.84. The normalized spacial score (nSPS) is 18.0. The van der Waals surface area contributed by atoms with E-state index < -0.39 is 0 Å². The molecule has 2 rings (SSSR count). The van der Waals surface area contributed by atoms with Crippen molar-refractivity contribution < 1.29 is 0 Å². The summed E-state index contributed by atoms with van der Waals surface area (Å²) in [6, 6.07) is 2.17. The third-order valence-electron chi connectivity index (χ3n) is 2.12. The third kappa shape index (κ3) is 1.10. The van der Waals surface area contributed by atoms with Gasteiger partial charge in [-0.3, -0.25) is 0 Å². The van der Waals surface area contributed by atoms with Crippen LogP contribution in [0.25, 0.3) is 0 Å². The lowest BCUT2D eigenvalue weighted by Gasteiger charge is -1.92. The summed E-state index contributed by atoms with van der Waals surface area (Å²) >= 11 is 1.81. The average molecular weight is 151 g/mol. The van der Waals surface area contributed by atoms with E-state index in [9.17, 15) is 0 Å². The lowest BCUT2D eigenvalue weighted by Crippen LogP contribution is -1.80. The Labute approximate surface area is 65.9 Å². The predicted octanol–water partition coefficient (Wildman–Crippen LogP) is 2.82. The second-order valence-electron chi connectivity index (χ2n) is 2.87. The second-order valence-corrected chi connectivity index (χ2v) is 3.81. The molecule has 0 unspecified atom stereocenters. The van der Waals surface area contributed by atoms with Crippen molar-refractivity contribution in [3.8, 4) is 0 Å². The van der Waals surface area contributed by atoms with Crippen molar-refractivity contribution in [2.75, 3.05) is 0 Å². The summed E-state index contributed by atoms with van der Waals surface area (Å²) in [5.74, 6) is 0. The van der Waals surface area contributed by atoms with E-state index in [1.165, 1.54) is 32.1 Å². The van der Waals surface area contributed by atoms with Gasteiger partial charge in [-0.1, -0.05) is 6.42 Å². The lowest BCUT2D eigenvalue weighted by molar-refractivity contribution is 0.712. The van der Waals surface area contributed by atoms with Gasteiger partial charge in [-0.2, -0.15) is 0 Å². The van der Waals surface area contributed by atoms with Gasteiger partial charge in [0.05, 0.1) is 0 Å². The van der Waals surface area contributed by atoms with Gasteiger partial charge < -0.3 is 0 Å². The Morgan fingerprint density at radius 2 is 2.10 bits per heavy atom. The van der Waals surface area contributed by atoms with Gasteiger partial charge in [-0.25, -0.2) is 0 Å². The van der Waals surface area contributed by atoms with Crippen LogP contribution in [0.5, 0.6) is 0 Å². The van der Waals surface area contributed by atoms with E-state index in [1.54, 1.807) is 10.4 Å². The van der Waals surface area contributed by atoms with Crippen LogP contribution in [0.4, 0.5) is 0 Å². The molecule has 10 heavy (non-hydrogen) atoms. The maximum atomic E-state index is 3.21. The van der Waals surface area contributed by atoms with Gasteiger partial charge in [0.15, 0.2) is 0 Å². The van der Waals surface area contributed by atoms with Gasteiger partial charge in [0, 0.05) is 10.3 Å². The molecule has 1 aromatic rings. The van der Waals surface area contributed by atoms with Crippen molar-refractivity contribution in [3.05, 3.63) is 21.9 Å². The van der Waals surface area contributed by atoms with Crippen LogP contribution in [0.3, 0.4) is 0 Å². The molecule has 1 heteroatoms. The Morgan fingerprint density at radius 1 is 1.20 bits per heavy atom. The summed E-state index contributed by atoms with van der Waals surface area (Å²) in [6.07, 6.45) is 6.80. The van der Waals surface area contributed by atoms with Crippen LogP contribution in [-0.4, -0.2) is 0 Å². The molecule has 0 N–H and O–H groups in total. The van der Waals surface area contributed by atoms with E-state index in [4.69, 9.17) is 0 Å². The Bertz CT molecular complexity index is 192. The summed E-state index contributed by atoms with van der Waals surface area (Å²) in [6.45, 7) is 0. The van der Waals surface area contributed by atoms with Gasteiger partial charge in [0.1, 0.15) is 0 Å². The number of hydrogen-bond donors (Lipinski definition) is 0. The highest BCUT2D eigenvalue weighted by Gasteiger charge is 2.07. The SMILES string of the molecule is [c]1cc2c(s1)CCCCC2. The number of hydrogen-bond acceptors (Lipinski definition) is 1.